The predicted octanol–water partition coefficient (Wildman–Crippen LogP) is 6.28. The van der Waals surface area contributed by atoms with Crippen molar-refractivity contribution >= 4 is 51.7 Å². The molecule has 1 aliphatic rings. The molecule has 0 unspecified atom stereocenters. The smallest absolute Gasteiger partial charge is 0.270 e. The number of hydrogen-bond acceptors (Lipinski definition) is 6. The number of carbonyl (C=O) groups excluding carboxylic acids is 1. The van der Waals surface area contributed by atoms with E-state index in [1.165, 1.54) is 23.9 Å². The van der Waals surface area contributed by atoms with Crippen LogP contribution >= 0.6 is 24.0 Å². The van der Waals surface area contributed by atoms with Gasteiger partial charge in [-0.2, -0.15) is 0 Å². The van der Waals surface area contributed by atoms with E-state index in [1.54, 1.807) is 29.2 Å². The van der Waals surface area contributed by atoms with Gasteiger partial charge in [0.15, 0.2) is 15.8 Å². The van der Waals surface area contributed by atoms with Gasteiger partial charge in [-0.3, -0.25) is 9.69 Å². The van der Waals surface area contributed by atoms with Crippen molar-refractivity contribution in [3.8, 4) is 11.5 Å². The fourth-order valence-corrected chi connectivity index (χ4v) is 4.78. The van der Waals surface area contributed by atoms with Crippen LogP contribution in [0.2, 0.25) is 0 Å². The topological polar surface area (TPSA) is 42.0 Å². The van der Waals surface area contributed by atoms with Gasteiger partial charge in [0.1, 0.15) is 12.4 Å². The number of thiocarbonyl (C=S) groups is 1. The van der Waals surface area contributed by atoms with Gasteiger partial charge in [0.25, 0.3) is 5.91 Å². The predicted molar refractivity (Wildman–Crippen MR) is 145 cm³/mol. The molecule has 1 saturated heterocycles. The highest BCUT2D eigenvalue weighted by molar-refractivity contribution is 8.27. The number of amides is 1. The minimum absolute atomic E-state index is 0.160. The Kier molecular flexibility index (Phi) is 7.73. The maximum absolute atomic E-state index is 13.2. The second-order valence-corrected chi connectivity index (χ2v) is 9.66. The Morgan fingerprint density at radius 1 is 1.00 bits per heavy atom. The summed E-state index contributed by atoms with van der Waals surface area (Å²) in [6.07, 6.45) is 1.81. The normalized spacial score (nSPS) is 14.5. The van der Waals surface area contributed by atoms with Crippen molar-refractivity contribution < 1.29 is 18.7 Å². The summed E-state index contributed by atoms with van der Waals surface area (Å²) < 4.78 is 25.3. The summed E-state index contributed by atoms with van der Waals surface area (Å²) >= 11 is 6.77. The molecule has 0 radical (unpaired) electrons. The molecule has 1 heterocycles. The van der Waals surface area contributed by atoms with Gasteiger partial charge in [-0.1, -0.05) is 42.2 Å². The summed E-state index contributed by atoms with van der Waals surface area (Å²) in [5.41, 5.74) is 3.42. The van der Waals surface area contributed by atoms with E-state index in [2.05, 4.69) is 0 Å². The average Bonchev–Trinajstić information content (AvgIpc) is 3.12. The zero-order valence-electron chi connectivity index (χ0n) is 19.7. The molecule has 0 aromatic heterocycles. The molecule has 5 nitrogen and oxygen atoms in total. The van der Waals surface area contributed by atoms with Crippen LogP contribution in [0.3, 0.4) is 0 Å². The van der Waals surface area contributed by atoms with Crippen molar-refractivity contribution in [3.05, 3.63) is 88.6 Å². The number of benzene rings is 3. The molecule has 1 fully saturated rings. The summed E-state index contributed by atoms with van der Waals surface area (Å²) in [5, 5.41) is 0. The molecule has 4 rings (SSSR count). The molecule has 0 aliphatic carbocycles. The van der Waals surface area contributed by atoms with Crippen LogP contribution in [0.15, 0.2) is 71.6 Å². The van der Waals surface area contributed by atoms with Crippen LogP contribution in [0, 0.1) is 5.82 Å². The Balaban J connectivity index is 1.53. The third-order valence-electron chi connectivity index (χ3n) is 5.29. The lowest BCUT2D eigenvalue weighted by molar-refractivity contribution is -0.113. The molecule has 0 atom stereocenters. The van der Waals surface area contributed by atoms with Gasteiger partial charge >= 0.3 is 0 Å². The number of thioether (sulfide) groups is 1. The minimum atomic E-state index is -0.288. The van der Waals surface area contributed by atoms with Gasteiger partial charge in [0.2, 0.25) is 0 Å². The maximum Gasteiger partial charge on any atom is 0.270 e. The van der Waals surface area contributed by atoms with E-state index in [4.69, 9.17) is 21.7 Å². The van der Waals surface area contributed by atoms with E-state index in [0.29, 0.717) is 27.3 Å². The number of nitrogens with zero attached hydrogens (tertiary/aromatic N) is 2. The molecule has 1 amide bonds. The first kappa shape index (κ1) is 24.8. The molecule has 3 aromatic rings. The lowest BCUT2D eigenvalue weighted by atomic mass is 10.1. The molecule has 35 heavy (non-hydrogen) atoms. The van der Waals surface area contributed by atoms with Crippen LogP contribution in [0.5, 0.6) is 11.5 Å². The van der Waals surface area contributed by atoms with Crippen molar-refractivity contribution in [3.63, 3.8) is 0 Å². The van der Waals surface area contributed by atoms with Crippen molar-refractivity contribution in [2.75, 3.05) is 30.5 Å². The van der Waals surface area contributed by atoms with Crippen LogP contribution in [0.1, 0.15) is 18.1 Å². The number of halogens is 1. The Labute approximate surface area is 214 Å². The quantitative estimate of drug-likeness (QED) is 0.264. The molecule has 8 heteroatoms. The summed E-state index contributed by atoms with van der Waals surface area (Å²) in [7, 11) is 3.93. The van der Waals surface area contributed by atoms with Crippen LogP contribution < -0.4 is 19.3 Å². The Bertz CT molecular complexity index is 1260. The van der Waals surface area contributed by atoms with E-state index in [0.717, 1.165) is 22.5 Å². The third kappa shape index (κ3) is 5.83. The van der Waals surface area contributed by atoms with Gasteiger partial charge in [-0.05, 0) is 72.7 Å². The van der Waals surface area contributed by atoms with E-state index in [-0.39, 0.29) is 18.3 Å². The van der Waals surface area contributed by atoms with Crippen LogP contribution in [0.4, 0.5) is 15.8 Å². The van der Waals surface area contributed by atoms with Crippen LogP contribution in [-0.4, -0.2) is 30.9 Å². The summed E-state index contributed by atoms with van der Waals surface area (Å²) in [6, 6.07) is 19.4. The highest BCUT2D eigenvalue weighted by Gasteiger charge is 2.33. The summed E-state index contributed by atoms with van der Waals surface area (Å²) in [4.78, 5) is 17.2. The molecular weight excluding hydrogens is 483 g/mol. The third-order valence-corrected chi connectivity index (χ3v) is 6.59. The number of hydrogen-bond donors (Lipinski definition) is 0. The standard InChI is InChI=1S/C27H25FN2O3S2/c1-4-32-24-15-19(7-14-23(24)33-17-18-5-8-20(28)9-6-18)16-25-26(31)30(27(34)35-25)22-12-10-21(11-13-22)29(2)3/h5-16H,4,17H2,1-3H3/b25-16-. The number of rotatable bonds is 8. The van der Waals surface area contributed by atoms with Gasteiger partial charge in [-0.15, -0.1) is 0 Å². The van der Waals surface area contributed by atoms with E-state index >= 15 is 0 Å². The van der Waals surface area contributed by atoms with Crippen molar-refractivity contribution in [1.29, 1.82) is 0 Å². The molecule has 0 saturated carbocycles. The largest absolute Gasteiger partial charge is 0.490 e. The Hall–Kier alpha value is -3.36. The SMILES string of the molecule is CCOc1cc(/C=C2\SC(=S)N(c3ccc(N(C)C)cc3)C2=O)ccc1OCc1ccc(F)cc1. The number of anilines is 2. The highest BCUT2D eigenvalue weighted by Crippen LogP contribution is 2.38. The molecule has 0 bridgehead atoms. The first-order valence-electron chi connectivity index (χ1n) is 11.0. The van der Waals surface area contributed by atoms with Gasteiger partial charge in [0, 0.05) is 19.8 Å². The van der Waals surface area contributed by atoms with E-state index in [1.807, 2.05) is 62.3 Å². The van der Waals surface area contributed by atoms with Gasteiger partial charge in [0.05, 0.1) is 17.2 Å². The molecule has 0 N–H and O–H groups in total. The molecule has 180 valence electrons. The van der Waals surface area contributed by atoms with Crippen molar-refractivity contribution in [2.45, 2.75) is 13.5 Å². The van der Waals surface area contributed by atoms with Crippen LogP contribution in [0.25, 0.3) is 6.08 Å². The van der Waals surface area contributed by atoms with E-state index in [9.17, 15) is 9.18 Å². The van der Waals surface area contributed by atoms with Gasteiger partial charge in [-0.25, -0.2) is 4.39 Å². The van der Waals surface area contributed by atoms with Crippen molar-refractivity contribution in [1.82, 2.24) is 0 Å². The molecular formula is C27H25FN2O3S2. The maximum atomic E-state index is 13.2. The molecule has 0 spiro atoms. The Morgan fingerprint density at radius 2 is 1.71 bits per heavy atom. The number of carbonyl (C=O) groups is 1. The second kappa shape index (κ2) is 10.9. The summed E-state index contributed by atoms with van der Waals surface area (Å²) in [6.45, 7) is 2.63. The second-order valence-electron chi connectivity index (χ2n) is 7.98. The van der Waals surface area contributed by atoms with E-state index < -0.39 is 0 Å². The highest BCUT2D eigenvalue weighted by atomic mass is 32.2. The fourth-order valence-electron chi connectivity index (χ4n) is 3.49. The first-order chi connectivity index (χ1) is 16.9. The van der Waals surface area contributed by atoms with Crippen molar-refractivity contribution in [2.24, 2.45) is 0 Å². The zero-order valence-corrected chi connectivity index (χ0v) is 21.3. The fraction of sp³-hybridized carbons (Fsp3) is 0.185. The van der Waals surface area contributed by atoms with Gasteiger partial charge < -0.3 is 14.4 Å². The van der Waals surface area contributed by atoms with Crippen LogP contribution in [-0.2, 0) is 11.4 Å². The minimum Gasteiger partial charge on any atom is -0.490 e. The lowest BCUT2D eigenvalue weighted by Crippen LogP contribution is -2.27. The summed E-state index contributed by atoms with van der Waals surface area (Å²) in [5.74, 6) is 0.691. The number of ether oxygens (including phenoxy) is 2. The first-order valence-corrected chi connectivity index (χ1v) is 12.3. The average molecular weight is 509 g/mol. The molecule has 1 aliphatic heterocycles. The monoisotopic (exact) mass is 508 g/mol. The lowest BCUT2D eigenvalue weighted by Gasteiger charge is -2.17. The zero-order chi connectivity index (χ0) is 24.9. The Morgan fingerprint density at radius 3 is 2.37 bits per heavy atom. The molecule has 3 aromatic carbocycles.